The van der Waals surface area contributed by atoms with Crippen molar-refractivity contribution in [3.05, 3.63) is 53.1 Å². The van der Waals surface area contributed by atoms with Gasteiger partial charge in [0.25, 0.3) is 5.91 Å². The highest BCUT2D eigenvalue weighted by molar-refractivity contribution is 7.89. The molecule has 2 rings (SSSR count). The first kappa shape index (κ1) is 20.7. The summed E-state index contributed by atoms with van der Waals surface area (Å²) in [5.74, 6) is -0.949. The van der Waals surface area contributed by atoms with E-state index in [1.807, 2.05) is 0 Å². The Hall–Kier alpha value is -2.62. The lowest BCUT2D eigenvalue weighted by Gasteiger charge is -2.11. The van der Waals surface area contributed by atoms with Crippen LogP contribution in [0.1, 0.15) is 10.4 Å². The highest BCUT2D eigenvalue weighted by atomic mass is 35.5. The van der Waals surface area contributed by atoms with E-state index in [-0.39, 0.29) is 10.5 Å². The topological polar surface area (TPSA) is 111 Å². The van der Waals surface area contributed by atoms with Crippen molar-refractivity contribution in [1.82, 2.24) is 4.72 Å². The van der Waals surface area contributed by atoms with Crippen LogP contribution in [-0.4, -0.2) is 41.1 Å². The van der Waals surface area contributed by atoms with Crippen LogP contribution in [0.5, 0.6) is 5.75 Å². The molecular weight excluding hydrogens is 396 g/mol. The lowest BCUT2D eigenvalue weighted by Crippen LogP contribution is -2.21. The summed E-state index contributed by atoms with van der Waals surface area (Å²) in [4.78, 5) is 24.0. The Bertz CT molecular complexity index is 944. The van der Waals surface area contributed by atoms with E-state index in [2.05, 4.69) is 10.0 Å². The minimum absolute atomic E-state index is 0.00680. The average molecular weight is 413 g/mol. The van der Waals surface area contributed by atoms with Gasteiger partial charge in [-0.25, -0.2) is 17.9 Å². The number of halogens is 1. The Morgan fingerprint density at radius 1 is 1.11 bits per heavy atom. The maximum absolute atomic E-state index is 12.0. The third-order valence-corrected chi connectivity index (χ3v) is 5.10. The molecule has 2 aromatic rings. The monoisotopic (exact) mass is 412 g/mol. The Morgan fingerprint density at radius 3 is 2.37 bits per heavy atom. The van der Waals surface area contributed by atoms with E-state index in [1.54, 1.807) is 12.1 Å². The normalized spacial score (nSPS) is 10.9. The fraction of sp³-hybridized carbons (Fsp3) is 0.176. The second kappa shape index (κ2) is 8.85. The molecule has 0 bridgehead atoms. The van der Waals surface area contributed by atoms with Crippen molar-refractivity contribution in [3.63, 3.8) is 0 Å². The number of hydrogen-bond acceptors (Lipinski definition) is 6. The summed E-state index contributed by atoms with van der Waals surface area (Å²) in [5, 5.41) is 2.94. The van der Waals surface area contributed by atoms with Crippen molar-refractivity contribution >= 4 is 39.2 Å². The minimum Gasteiger partial charge on any atom is -0.495 e. The number of rotatable bonds is 7. The minimum atomic E-state index is -3.60. The Morgan fingerprint density at radius 2 is 1.78 bits per heavy atom. The molecular formula is C17H17ClN2O6S. The van der Waals surface area contributed by atoms with Gasteiger partial charge in [-0.3, -0.25) is 4.79 Å². The first-order chi connectivity index (χ1) is 12.8. The molecule has 0 heterocycles. The van der Waals surface area contributed by atoms with E-state index in [0.29, 0.717) is 16.5 Å². The van der Waals surface area contributed by atoms with Crippen LogP contribution in [0.4, 0.5) is 5.69 Å². The van der Waals surface area contributed by atoms with Gasteiger partial charge in [0.05, 0.1) is 23.3 Å². The van der Waals surface area contributed by atoms with Crippen molar-refractivity contribution in [2.75, 3.05) is 26.1 Å². The number of anilines is 1. The molecule has 0 fully saturated rings. The number of sulfonamides is 1. The zero-order valence-corrected chi connectivity index (χ0v) is 16.1. The zero-order valence-electron chi connectivity index (χ0n) is 14.5. The van der Waals surface area contributed by atoms with E-state index >= 15 is 0 Å². The predicted octanol–water partition coefficient (Wildman–Crippen LogP) is 2.05. The number of hydrogen-bond donors (Lipinski definition) is 2. The molecule has 0 saturated heterocycles. The number of esters is 1. The first-order valence-electron chi connectivity index (χ1n) is 7.61. The molecule has 144 valence electrons. The average Bonchev–Trinajstić information content (AvgIpc) is 2.66. The predicted molar refractivity (Wildman–Crippen MR) is 99.6 cm³/mol. The smallest absolute Gasteiger partial charge is 0.338 e. The zero-order chi connectivity index (χ0) is 20.0. The van der Waals surface area contributed by atoms with Crippen LogP contribution in [0.15, 0.2) is 47.4 Å². The molecule has 0 aliphatic rings. The number of ether oxygens (including phenoxy) is 2. The molecule has 8 nitrogen and oxygen atoms in total. The van der Waals surface area contributed by atoms with Gasteiger partial charge in [-0.1, -0.05) is 11.6 Å². The fourth-order valence-corrected chi connectivity index (χ4v) is 2.97. The summed E-state index contributed by atoms with van der Waals surface area (Å²) in [6.07, 6.45) is 0. The van der Waals surface area contributed by atoms with E-state index < -0.39 is 28.5 Å². The SMILES string of the molecule is CNS(=O)(=O)c1ccc(C(=O)OCC(=O)Nc2cc(Cl)ccc2OC)cc1. The van der Waals surface area contributed by atoms with Gasteiger partial charge in [0, 0.05) is 5.02 Å². The summed E-state index contributed by atoms with van der Waals surface area (Å²) < 4.78 is 35.5. The number of amides is 1. The van der Waals surface area contributed by atoms with Crippen LogP contribution in [0.25, 0.3) is 0 Å². The quantitative estimate of drug-likeness (QED) is 0.673. The van der Waals surface area contributed by atoms with Gasteiger partial charge in [-0.2, -0.15) is 0 Å². The van der Waals surface area contributed by atoms with E-state index in [0.717, 1.165) is 0 Å². The second-order valence-electron chi connectivity index (χ2n) is 5.20. The van der Waals surface area contributed by atoms with Gasteiger partial charge in [-0.05, 0) is 49.5 Å². The molecule has 27 heavy (non-hydrogen) atoms. The molecule has 2 aromatic carbocycles. The summed E-state index contributed by atoms with van der Waals surface area (Å²) >= 11 is 5.88. The van der Waals surface area contributed by atoms with Gasteiger partial charge in [0.2, 0.25) is 10.0 Å². The first-order valence-corrected chi connectivity index (χ1v) is 9.47. The Balaban J connectivity index is 1.97. The maximum atomic E-state index is 12.0. The van der Waals surface area contributed by atoms with Gasteiger partial charge in [-0.15, -0.1) is 0 Å². The van der Waals surface area contributed by atoms with Crippen LogP contribution >= 0.6 is 11.6 Å². The van der Waals surface area contributed by atoms with Crippen LogP contribution in [0.2, 0.25) is 5.02 Å². The van der Waals surface area contributed by atoms with Crippen LogP contribution < -0.4 is 14.8 Å². The van der Waals surface area contributed by atoms with Crippen LogP contribution in [0, 0.1) is 0 Å². The van der Waals surface area contributed by atoms with Gasteiger partial charge < -0.3 is 14.8 Å². The van der Waals surface area contributed by atoms with Crippen molar-refractivity contribution in [2.45, 2.75) is 4.90 Å². The van der Waals surface area contributed by atoms with Gasteiger partial charge in [0.15, 0.2) is 6.61 Å². The van der Waals surface area contributed by atoms with Gasteiger partial charge in [0.1, 0.15) is 5.75 Å². The van der Waals surface area contributed by atoms with E-state index in [4.69, 9.17) is 21.1 Å². The van der Waals surface area contributed by atoms with E-state index in [1.165, 1.54) is 44.5 Å². The second-order valence-corrected chi connectivity index (χ2v) is 7.52. The summed E-state index contributed by atoms with van der Waals surface area (Å²) in [5.41, 5.74) is 0.450. The summed E-state index contributed by atoms with van der Waals surface area (Å²) in [6.45, 7) is -0.537. The Kier molecular flexibility index (Phi) is 6.78. The number of benzene rings is 2. The van der Waals surface area contributed by atoms with E-state index in [9.17, 15) is 18.0 Å². The van der Waals surface area contributed by atoms with Crippen molar-refractivity contribution in [3.8, 4) is 5.75 Å². The molecule has 0 atom stereocenters. The lowest BCUT2D eigenvalue weighted by atomic mass is 10.2. The molecule has 0 unspecified atom stereocenters. The number of carbonyl (C=O) groups excluding carboxylic acids is 2. The highest BCUT2D eigenvalue weighted by Crippen LogP contribution is 2.27. The molecule has 10 heteroatoms. The van der Waals surface area contributed by atoms with Crippen molar-refractivity contribution < 1.29 is 27.5 Å². The maximum Gasteiger partial charge on any atom is 0.338 e. The molecule has 0 radical (unpaired) electrons. The Labute approximate surface area is 161 Å². The number of methoxy groups -OCH3 is 1. The molecule has 0 spiro atoms. The standard InChI is InChI=1S/C17H17ClN2O6S/c1-19-27(23,24)13-6-3-11(4-7-13)17(22)26-10-16(21)20-14-9-12(18)5-8-15(14)25-2/h3-9,19H,10H2,1-2H3,(H,20,21). The largest absolute Gasteiger partial charge is 0.495 e. The van der Waals surface area contributed by atoms with Crippen LogP contribution in [-0.2, 0) is 19.6 Å². The number of nitrogens with one attached hydrogen (secondary N) is 2. The highest BCUT2D eigenvalue weighted by Gasteiger charge is 2.15. The van der Waals surface area contributed by atoms with Crippen LogP contribution in [0.3, 0.4) is 0 Å². The summed E-state index contributed by atoms with van der Waals surface area (Å²) in [6, 6.07) is 9.81. The molecule has 2 N–H and O–H groups in total. The molecule has 0 aliphatic carbocycles. The lowest BCUT2D eigenvalue weighted by molar-refractivity contribution is -0.119. The fourth-order valence-electron chi connectivity index (χ4n) is 2.07. The number of carbonyl (C=O) groups is 2. The van der Waals surface area contributed by atoms with Gasteiger partial charge >= 0.3 is 5.97 Å². The molecule has 0 saturated carbocycles. The molecule has 0 aliphatic heterocycles. The molecule has 1 amide bonds. The molecule has 0 aromatic heterocycles. The summed E-state index contributed by atoms with van der Waals surface area (Å²) in [7, 11) is -0.876. The van der Waals surface area contributed by atoms with Crippen molar-refractivity contribution in [1.29, 1.82) is 0 Å². The third kappa shape index (κ3) is 5.43. The third-order valence-electron chi connectivity index (χ3n) is 3.44. The van der Waals surface area contributed by atoms with Crippen molar-refractivity contribution in [2.24, 2.45) is 0 Å².